The second-order valence-corrected chi connectivity index (χ2v) is 3.81. The lowest BCUT2D eigenvalue weighted by Crippen LogP contribution is -2.19. The molecule has 0 spiro atoms. The molecule has 0 heterocycles. The van der Waals surface area contributed by atoms with Crippen LogP contribution in [0.25, 0.3) is 0 Å². The molecule has 0 saturated carbocycles. The molecule has 0 saturated heterocycles. The summed E-state index contributed by atoms with van der Waals surface area (Å²) in [6, 6.07) is 4.66. The van der Waals surface area contributed by atoms with E-state index >= 15 is 0 Å². The number of hydrogen-bond donors (Lipinski definition) is 1. The van der Waals surface area contributed by atoms with Crippen molar-refractivity contribution in [3.05, 3.63) is 23.8 Å². The Kier molecular flexibility index (Phi) is 5.44. The van der Waals surface area contributed by atoms with E-state index in [-0.39, 0.29) is 5.75 Å². The fourth-order valence-corrected chi connectivity index (χ4v) is 1.37. The van der Waals surface area contributed by atoms with Gasteiger partial charge in [-0.15, -0.1) is 0 Å². The Hall–Kier alpha value is -1.47. The lowest BCUT2D eigenvalue weighted by atomic mass is 10.1. The summed E-state index contributed by atoms with van der Waals surface area (Å²) in [6.45, 7) is -0.432. The van der Waals surface area contributed by atoms with Crippen LogP contribution in [0.4, 0.5) is 13.2 Å². The first kappa shape index (κ1) is 15.6. The Morgan fingerprint density at radius 1 is 1.32 bits per heavy atom. The van der Waals surface area contributed by atoms with Crippen LogP contribution in [-0.2, 0) is 4.74 Å². The molecular formula is C12H15F3O4. The lowest BCUT2D eigenvalue weighted by molar-refractivity contribution is -0.186. The van der Waals surface area contributed by atoms with E-state index in [1.807, 2.05) is 0 Å². The fraction of sp³-hybridized carbons (Fsp3) is 0.500. The van der Waals surface area contributed by atoms with Crippen LogP contribution in [0.5, 0.6) is 11.5 Å². The number of halogens is 3. The average molecular weight is 280 g/mol. The molecule has 108 valence electrons. The summed E-state index contributed by atoms with van der Waals surface area (Å²) in [7, 11) is 1.45. The van der Waals surface area contributed by atoms with Gasteiger partial charge >= 0.3 is 6.18 Å². The second kappa shape index (κ2) is 6.63. The molecule has 0 unspecified atom stereocenters. The molecule has 1 rings (SSSR count). The highest BCUT2D eigenvalue weighted by Crippen LogP contribution is 2.29. The molecule has 1 aromatic carbocycles. The molecule has 0 radical (unpaired) electrons. The average Bonchev–Trinajstić information content (AvgIpc) is 2.33. The molecule has 0 aromatic heterocycles. The van der Waals surface area contributed by atoms with Crippen LogP contribution in [0.15, 0.2) is 18.2 Å². The van der Waals surface area contributed by atoms with E-state index in [1.54, 1.807) is 12.1 Å². The molecule has 0 aliphatic rings. The Labute approximate surface area is 108 Å². The molecular weight excluding hydrogens is 265 g/mol. The molecule has 1 N–H and O–H groups in total. The smallest absolute Gasteiger partial charge is 0.411 e. The van der Waals surface area contributed by atoms with Crippen LogP contribution >= 0.6 is 0 Å². The molecule has 19 heavy (non-hydrogen) atoms. The maximum Gasteiger partial charge on any atom is 0.411 e. The quantitative estimate of drug-likeness (QED) is 0.643. The minimum Gasteiger partial charge on any atom is -0.497 e. The molecule has 1 aromatic rings. The lowest BCUT2D eigenvalue weighted by Gasteiger charge is -2.15. The van der Waals surface area contributed by atoms with Crippen molar-refractivity contribution in [1.82, 2.24) is 0 Å². The van der Waals surface area contributed by atoms with Crippen LogP contribution in [0, 0.1) is 0 Å². The number of aliphatic hydroxyl groups excluding tert-OH is 1. The number of alkyl halides is 3. The minimum atomic E-state index is -4.40. The summed E-state index contributed by atoms with van der Waals surface area (Å²) in [4.78, 5) is 0. The van der Waals surface area contributed by atoms with Gasteiger partial charge in [0.2, 0.25) is 0 Å². The van der Waals surface area contributed by atoms with Gasteiger partial charge in [-0.05, 0) is 19.1 Å². The molecule has 0 bridgehead atoms. The molecule has 1 atom stereocenters. The molecule has 0 aliphatic carbocycles. The molecule has 0 aliphatic heterocycles. The van der Waals surface area contributed by atoms with Gasteiger partial charge in [0, 0.05) is 11.6 Å². The van der Waals surface area contributed by atoms with Crippen molar-refractivity contribution in [1.29, 1.82) is 0 Å². The largest absolute Gasteiger partial charge is 0.497 e. The van der Waals surface area contributed by atoms with Gasteiger partial charge in [-0.25, -0.2) is 0 Å². The number of methoxy groups -OCH3 is 1. The minimum absolute atomic E-state index is 0.219. The van der Waals surface area contributed by atoms with Crippen LogP contribution in [-0.4, -0.2) is 31.8 Å². The van der Waals surface area contributed by atoms with Crippen molar-refractivity contribution in [2.45, 2.75) is 19.2 Å². The highest BCUT2D eigenvalue weighted by molar-refractivity contribution is 5.41. The normalized spacial score (nSPS) is 13.2. The predicted octanol–water partition coefficient (Wildman–Crippen LogP) is 2.66. The number of hydrogen-bond acceptors (Lipinski definition) is 4. The highest BCUT2D eigenvalue weighted by atomic mass is 19.4. The van der Waals surface area contributed by atoms with Gasteiger partial charge < -0.3 is 19.3 Å². The Morgan fingerprint density at radius 2 is 2.00 bits per heavy atom. The van der Waals surface area contributed by atoms with Crippen LogP contribution < -0.4 is 9.47 Å². The van der Waals surface area contributed by atoms with Crippen molar-refractivity contribution >= 4 is 0 Å². The van der Waals surface area contributed by atoms with E-state index in [0.29, 0.717) is 11.3 Å². The van der Waals surface area contributed by atoms with E-state index in [9.17, 15) is 18.3 Å². The summed E-state index contributed by atoms with van der Waals surface area (Å²) < 4.78 is 50.0. The number of aliphatic hydroxyl groups is 1. The molecule has 7 heteroatoms. The number of ether oxygens (including phenoxy) is 3. The van der Waals surface area contributed by atoms with Gasteiger partial charge in [0.25, 0.3) is 0 Å². The highest BCUT2D eigenvalue weighted by Gasteiger charge is 2.27. The third kappa shape index (κ3) is 5.35. The van der Waals surface area contributed by atoms with Crippen LogP contribution in [0.3, 0.4) is 0 Å². The van der Waals surface area contributed by atoms with E-state index < -0.39 is 25.7 Å². The van der Waals surface area contributed by atoms with Crippen molar-refractivity contribution in [3.63, 3.8) is 0 Å². The second-order valence-electron chi connectivity index (χ2n) is 3.81. The van der Waals surface area contributed by atoms with Gasteiger partial charge in [-0.1, -0.05) is 0 Å². The zero-order valence-corrected chi connectivity index (χ0v) is 10.5. The zero-order valence-electron chi connectivity index (χ0n) is 10.5. The molecule has 0 amide bonds. The van der Waals surface area contributed by atoms with E-state index in [1.165, 1.54) is 20.1 Å². The standard InChI is InChI=1S/C12H15F3O4/c1-8(16)10-4-3-9(17-2)5-11(10)19-7-18-6-12(13,14)15/h3-5,8,16H,6-7H2,1-2H3/t8-/m0/s1. The zero-order chi connectivity index (χ0) is 14.5. The summed E-state index contributed by atoms with van der Waals surface area (Å²) in [5, 5.41) is 9.51. The van der Waals surface area contributed by atoms with Gasteiger partial charge in [0.15, 0.2) is 6.79 Å². The van der Waals surface area contributed by atoms with Crippen LogP contribution in [0.2, 0.25) is 0 Å². The van der Waals surface area contributed by atoms with Crippen molar-refractivity contribution in [3.8, 4) is 11.5 Å². The first-order chi connectivity index (χ1) is 8.83. The van der Waals surface area contributed by atoms with Crippen molar-refractivity contribution in [2.75, 3.05) is 20.5 Å². The Bertz CT molecular complexity index is 404. The summed E-state index contributed by atoms with van der Waals surface area (Å²) in [5.74, 6) is 0.687. The Morgan fingerprint density at radius 3 is 2.53 bits per heavy atom. The summed E-state index contributed by atoms with van der Waals surface area (Å²) in [5.41, 5.74) is 0.441. The van der Waals surface area contributed by atoms with Gasteiger partial charge in [-0.2, -0.15) is 13.2 Å². The summed E-state index contributed by atoms with van der Waals surface area (Å²) >= 11 is 0. The van der Waals surface area contributed by atoms with Gasteiger partial charge in [0.05, 0.1) is 13.2 Å². The van der Waals surface area contributed by atoms with Crippen molar-refractivity contribution in [2.24, 2.45) is 0 Å². The first-order valence-electron chi connectivity index (χ1n) is 5.47. The van der Waals surface area contributed by atoms with Gasteiger partial charge in [0.1, 0.15) is 18.1 Å². The summed E-state index contributed by atoms with van der Waals surface area (Å²) in [6.07, 6.45) is -5.21. The van der Waals surface area contributed by atoms with Crippen LogP contribution in [0.1, 0.15) is 18.6 Å². The third-order valence-electron chi connectivity index (χ3n) is 2.23. The van der Waals surface area contributed by atoms with Crippen molar-refractivity contribution < 1.29 is 32.5 Å². The third-order valence-corrected chi connectivity index (χ3v) is 2.23. The fourth-order valence-electron chi connectivity index (χ4n) is 1.37. The van der Waals surface area contributed by atoms with E-state index in [0.717, 1.165) is 0 Å². The maximum absolute atomic E-state index is 11.9. The predicted molar refractivity (Wildman–Crippen MR) is 61.1 cm³/mol. The molecule has 0 fully saturated rings. The first-order valence-corrected chi connectivity index (χ1v) is 5.47. The number of rotatable bonds is 6. The van der Waals surface area contributed by atoms with Gasteiger partial charge in [-0.3, -0.25) is 0 Å². The monoisotopic (exact) mass is 280 g/mol. The topological polar surface area (TPSA) is 47.9 Å². The Balaban J connectivity index is 2.65. The SMILES string of the molecule is COc1ccc([C@H](C)O)c(OCOCC(F)(F)F)c1. The van der Waals surface area contributed by atoms with E-state index in [4.69, 9.17) is 9.47 Å². The molecule has 4 nitrogen and oxygen atoms in total. The number of benzene rings is 1. The maximum atomic E-state index is 11.9. The van der Waals surface area contributed by atoms with E-state index in [2.05, 4.69) is 4.74 Å².